The molecule has 1 atom stereocenters. The average molecular weight is 239 g/mol. The fourth-order valence-electron chi connectivity index (χ4n) is 1.95. The molecule has 15 heavy (non-hydrogen) atoms. The summed E-state index contributed by atoms with van der Waals surface area (Å²) in [5, 5.41) is 0.762. The lowest BCUT2D eigenvalue weighted by Crippen LogP contribution is -1.98. The van der Waals surface area contributed by atoms with Crippen molar-refractivity contribution in [1.82, 2.24) is 9.97 Å². The first kappa shape index (κ1) is 9.55. The molecule has 2 nitrogen and oxygen atoms in total. The molecule has 3 rings (SSSR count). The fourth-order valence-corrected chi connectivity index (χ4v) is 3.34. The van der Waals surface area contributed by atoms with Gasteiger partial charge in [-0.15, -0.1) is 0 Å². The average Bonchev–Trinajstić information content (AvgIpc) is 2.84. The van der Waals surface area contributed by atoms with Gasteiger partial charge < -0.3 is 4.98 Å². The Labute approximate surface area is 97.4 Å². The standard InChI is InChI=1S/C11H11ClN2S/c12-8-1-2-9-10(5-8)14-11(13-9)7-3-4-15-6-7/h1-2,5,7H,3-4,6H2,(H,13,14). The maximum atomic E-state index is 5.94. The number of aromatic nitrogens is 2. The van der Waals surface area contributed by atoms with Crippen LogP contribution >= 0.6 is 23.4 Å². The molecule has 1 aromatic carbocycles. The van der Waals surface area contributed by atoms with Gasteiger partial charge in [-0.25, -0.2) is 4.98 Å². The molecule has 1 unspecified atom stereocenters. The van der Waals surface area contributed by atoms with Crippen molar-refractivity contribution < 1.29 is 0 Å². The first-order valence-corrected chi connectivity index (χ1v) is 6.59. The number of nitrogens with zero attached hydrogens (tertiary/aromatic N) is 1. The van der Waals surface area contributed by atoms with Crippen LogP contribution in [0.4, 0.5) is 0 Å². The number of nitrogens with one attached hydrogen (secondary N) is 1. The van der Waals surface area contributed by atoms with E-state index in [1.54, 1.807) is 0 Å². The number of hydrogen-bond donors (Lipinski definition) is 1. The Morgan fingerprint density at radius 1 is 1.47 bits per heavy atom. The van der Waals surface area contributed by atoms with Crippen LogP contribution in [0.25, 0.3) is 11.0 Å². The lowest BCUT2D eigenvalue weighted by Gasteiger charge is -2.01. The lowest BCUT2D eigenvalue weighted by molar-refractivity contribution is 0.733. The molecule has 1 aliphatic rings. The normalized spacial score (nSPS) is 21.3. The molecule has 1 fully saturated rings. The van der Waals surface area contributed by atoms with Gasteiger partial charge in [0, 0.05) is 16.7 Å². The number of benzene rings is 1. The summed E-state index contributed by atoms with van der Waals surface area (Å²) in [5.41, 5.74) is 2.07. The third kappa shape index (κ3) is 1.74. The summed E-state index contributed by atoms with van der Waals surface area (Å²) in [6.07, 6.45) is 1.23. The van der Waals surface area contributed by atoms with Gasteiger partial charge in [0.15, 0.2) is 0 Å². The number of thioether (sulfide) groups is 1. The van der Waals surface area contributed by atoms with Gasteiger partial charge in [-0.05, 0) is 30.4 Å². The van der Waals surface area contributed by atoms with Crippen molar-refractivity contribution in [3.05, 3.63) is 29.0 Å². The highest BCUT2D eigenvalue weighted by atomic mass is 35.5. The largest absolute Gasteiger partial charge is 0.342 e. The maximum Gasteiger partial charge on any atom is 0.111 e. The molecular weight excluding hydrogens is 228 g/mol. The first-order valence-electron chi connectivity index (χ1n) is 5.06. The second-order valence-electron chi connectivity index (χ2n) is 3.84. The van der Waals surface area contributed by atoms with Gasteiger partial charge in [-0.3, -0.25) is 0 Å². The minimum absolute atomic E-state index is 0.598. The van der Waals surface area contributed by atoms with Crippen LogP contribution in [-0.2, 0) is 0 Å². The van der Waals surface area contributed by atoms with E-state index in [0.29, 0.717) is 5.92 Å². The SMILES string of the molecule is Clc1ccc2nc(C3CCSC3)[nH]c2c1. The van der Waals surface area contributed by atoms with E-state index >= 15 is 0 Å². The summed E-state index contributed by atoms with van der Waals surface area (Å²) >= 11 is 7.94. The van der Waals surface area contributed by atoms with E-state index in [-0.39, 0.29) is 0 Å². The molecule has 1 aliphatic heterocycles. The number of rotatable bonds is 1. The molecule has 0 aliphatic carbocycles. The second-order valence-corrected chi connectivity index (χ2v) is 5.43. The molecule has 0 bridgehead atoms. The molecule has 0 saturated carbocycles. The van der Waals surface area contributed by atoms with Gasteiger partial charge in [0.25, 0.3) is 0 Å². The lowest BCUT2D eigenvalue weighted by atomic mass is 10.1. The molecule has 2 heterocycles. The Bertz CT molecular complexity index is 488. The van der Waals surface area contributed by atoms with E-state index < -0.39 is 0 Å². The van der Waals surface area contributed by atoms with E-state index in [0.717, 1.165) is 21.9 Å². The minimum Gasteiger partial charge on any atom is -0.342 e. The van der Waals surface area contributed by atoms with Gasteiger partial charge >= 0.3 is 0 Å². The van der Waals surface area contributed by atoms with Gasteiger partial charge in [-0.2, -0.15) is 11.8 Å². The van der Waals surface area contributed by atoms with Crippen LogP contribution in [0.1, 0.15) is 18.2 Å². The number of imidazole rings is 1. The van der Waals surface area contributed by atoms with Crippen molar-refractivity contribution in [2.75, 3.05) is 11.5 Å². The van der Waals surface area contributed by atoms with Gasteiger partial charge in [0.2, 0.25) is 0 Å². The maximum absolute atomic E-state index is 5.94. The molecule has 78 valence electrons. The predicted octanol–water partition coefficient (Wildman–Crippen LogP) is 3.44. The molecule has 2 aromatic rings. The van der Waals surface area contributed by atoms with Gasteiger partial charge in [-0.1, -0.05) is 11.6 Å². The minimum atomic E-state index is 0.598. The number of fused-ring (bicyclic) bond motifs is 1. The summed E-state index contributed by atoms with van der Waals surface area (Å²) in [6.45, 7) is 0. The topological polar surface area (TPSA) is 28.7 Å². The summed E-state index contributed by atoms with van der Waals surface area (Å²) < 4.78 is 0. The van der Waals surface area contributed by atoms with Crippen LogP contribution in [0, 0.1) is 0 Å². The smallest absolute Gasteiger partial charge is 0.111 e. The van der Waals surface area contributed by atoms with Crippen molar-refractivity contribution in [2.24, 2.45) is 0 Å². The third-order valence-electron chi connectivity index (χ3n) is 2.78. The monoisotopic (exact) mass is 238 g/mol. The first-order chi connectivity index (χ1) is 7.33. The number of halogens is 1. The summed E-state index contributed by atoms with van der Waals surface area (Å²) in [7, 11) is 0. The zero-order valence-corrected chi connectivity index (χ0v) is 9.74. The highest BCUT2D eigenvalue weighted by Gasteiger charge is 2.20. The van der Waals surface area contributed by atoms with E-state index in [1.165, 1.54) is 17.9 Å². The van der Waals surface area contributed by atoms with Crippen molar-refractivity contribution in [3.8, 4) is 0 Å². The van der Waals surface area contributed by atoms with Crippen LogP contribution in [0.2, 0.25) is 5.02 Å². The quantitative estimate of drug-likeness (QED) is 0.825. The van der Waals surface area contributed by atoms with E-state index in [1.807, 2.05) is 30.0 Å². The van der Waals surface area contributed by atoms with Crippen molar-refractivity contribution in [1.29, 1.82) is 0 Å². The van der Waals surface area contributed by atoms with Crippen molar-refractivity contribution >= 4 is 34.4 Å². The van der Waals surface area contributed by atoms with Gasteiger partial charge in [0.1, 0.15) is 5.82 Å². The van der Waals surface area contributed by atoms with Crippen molar-refractivity contribution in [3.63, 3.8) is 0 Å². The summed E-state index contributed by atoms with van der Waals surface area (Å²) in [6, 6.07) is 5.80. The van der Waals surface area contributed by atoms with Crippen molar-refractivity contribution in [2.45, 2.75) is 12.3 Å². The third-order valence-corrected chi connectivity index (χ3v) is 4.18. The summed E-state index contributed by atoms with van der Waals surface area (Å²) in [5.74, 6) is 4.16. The summed E-state index contributed by atoms with van der Waals surface area (Å²) in [4.78, 5) is 7.98. The number of H-pyrrole nitrogens is 1. The van der Waals surface area contributed by atoms with Crippen LogP contribution in [0.5, 0.6) is 0 Å². The molecule has 1 aromatic heterocycles. The zero-order valence-electron chi connectivity index (χ0n) is 8.16. The molecule has 1 N–H and O–H groups in total. The molecule has 4 heteroatoms. The Morgan fingerprint density at radius 3 is 3.20 bits per heavy atom. The number of aromatic amines is 1. The Morgan fingerprint density at radius 2 is 2.40 bits per heavy atom. The molecule has 0 radical (unpaired) electrons. The van der Waals surface area contributed by atoms with Crippen LogP contribution in [-0.4, -0.2) is 21.5 Å². The Kier molecular flexibility index (Phi) is 2.37. The van der Waals surface area contributed by atoms with Crippen LogP contribution in [0.15, 0.2) is 18.2 Å². The Balaban J connectivity index is 2.05. The fraction of sp³-hybridized carbons (Fsp3) is 0.364. The van der Waals surface area contributed by atoms with E-state index in [4.69, 9.17) is 11.6 Å². The molecule has 0 amide bonds. The zero-order chi connectivity index (χ0) is 10.3. The predicted molar refractivity (Wildman–Crippen MR) is 65.8 cm³/mol. The Hall–Kier alpha value is -0.670. The van der Waals surface area contributed by atoms with Crippen LogP contribution in [0.3, 0.4) is 0 Å². The highest BCUT2D eigenvalue weighted by molar-refractivity contribution is 7.99. The van der Waals surface area contributed by atoms with E-state index in [9.17, 15) is 0 Å². The van der Waals surface area contributed by atoms with E-state index in [2.05, 4.69) is 9.97 Å². The molecule has 1 saturated heterocycles. The second kappa shape index (κ2) is 3.72. The van der Waals surface area contributed by atoms with Gasteiger partial charge in [0.05, 0.1) is 11.0 Å². The molecule has 0 spiro atoms. The van der Waals surface area contributed by atoms with Crippen LogP contribution < -0.4 is 0 Å². The highest BCUT2D eigenvalue weighted by Crippen LogP contribution is 2.32. The molecular formula is C11H11ClN2S. The number of hydrogen-bond acceptors (Lipinski definition) is 2.